The van der Waals surface area contributed by atoms with Crippen LogP contribution in [0.2, 0.25) is 0 Å². The molecule has 0 radical (unpaired) electrons. The van der Waals surface area contributed by atoms with Crippen molar-refractivity contribution in [1.82, 2.24) is 19.1 Å². The van der Waals surface area contributed by atoms with Crippen LogP contribution in [0.15, 0.2) is 29.6 Å². The minimum atomic E-state index is -0.185. The van der Waals surface area contributed by atoms with E-state index in [2.05, 4.69) is 9.97 Å². The zero-order valence-electron chi connectivity index (χ0n) is 9.91. The predicted molar refractivity (Wildman–Crippen MR) is 71.8 cm³/mol. The number of thiocarbonyl (C=S) groups is 1. The fourth-order valence-electron chi connectivity index (χ4n) is 1.67. The SMILES string of the molecule is CCCn1ccnc(-n2ccnc2C(N)=S)c1=O. The van der Waals surface area contributed by atoms with Crippen molar-refractivity contribution >= 4 is 17.2 Å². The third-order valence-electron chi connectivity index (χ3n) is 2.45. The summed E-state index contributed by atoms with van der Waals surface area (Å²) < 4.78 is 3.11. The molecular formula is C11H13N5OS. The normalized spacial score (nSPS) is 10.5. The lowest BCUT2D eigenvalue weighted by Crippen LogP contribution is -2.27. The molecule has 0 aromatic carbocycles. The monoisotopic (exact) mass is 263 g/mol. The van der Waals surface area contributed by atoms with Gasteiger partial charge in [0.2, 0.25) is 5.82 Å². The van der Waals surface area contributed by atoms with Gasteiger partial charge in [-0.1, -0.05) is 19.1 Å². The van der Waals surface area contributed by atoms with Crippen molar-refractivity contribution in [2.24, 2.45) is 5.73 Å². The number of rotatable bonds is 4. The van der Waals surface area contributed by atoms with Gasteiger partial charge in [-0.15, -0.1) is 0 Å². The Labute approximate surface area is 109 Å². The van der Waals surface area contributed by atoms with Gasteiger partial charge in [0, 0.05) is 31.3 Å². The summed E-state index contributed by atoms with van der Waals surface area (Å²) in [6, 6.07) is 0. The van der Waals surface area contributed by atoms with E-state index in [0.717, 1.165) is 6.42 Å². The van der Waals surface area contributed by atoms with Crippen LogP contribution >= 0.6 is 12.2 Å². The second-order valence-corrected chi connectivity index (χ2v) is 4.17. The Balaban J connectivity index is 2.58. The van der Waals surface area contributed by atoms with Gasteiger partial charge in [0.25, 0.3) is 5.56 Å². The molecule has 0 saturated carbocycles. The first-order chi connectivity index (χ1) is 8.65. The quantitative estimate of drug-likeness (QED) is 0.811. The van der Waals surface area contributed by atoms with Crippen LogP contribution in [-0.2, 0) is 6.54 Å². The molecule has 18 heavy (non-hydrogen) atoms. The maximum absolute atomic E-state index is 12.2. The zero-order valence-corrected chi connectivity index (χ0v) is 10.7. The first-order valence-corrected chi connectivity index (χ1v) is 5.95. The summed E-state index contributed by atoms with van der Waals surface area (Å²) in [5.74, 6) is 0.620. The summed E-state index contributed by atoms with van der Waals surface area (Å²) in [5.41, 5.74) is 5.37. The van der Waals surface area contributed by atoms with Gasteiger partial charge in [-0.05, 0) is 6.42 Å². The van der Waals surface area contributed by atoms with E-state index in [1.165, 1.54) is 10.8 Å². The zero-order chi connectivity index (χ0) is 13.1. The van der Waals surface area contributed by atoms with Crippen molar-refractivity contribution in [1.29, 1.82) is 0 Å². The molecule has 0 saturated heterocycles. The third kappa shape index (κ3) is 2.17. The first kappa shape index (κ1) is 12.4. The minimum Gasteiger partial charge on any atom is -0.387 e. The molecule has 0 unspecified atom stereocenters. The van der Waals surface area contributed by atoms with E-state index in [1.807, 2.05) is 6.92 Å². The topological polar surface area (TPSA) is 78.7 Å². The molecule has 0 aliphatic heterocycles. The standard InChI is InChI=1S/C11H13N5OS/c1-2-5-15-6-3-14-10(11(15)17)16-7-4-13-9(16)8(12)18/h3-4,6-7H,2,5H2,1H3,(H2,12,18). The second-order valence-electron chi connectivity index (χ2n) is 3.73. The summed E-state index contributed by atoms with van der Waals surface area (Å²) >= 11 is 4.89. The van der Waals surface area contributed by atoms with Crippen LogP contribution in [0.25, 0.3) is 5.82 Å². The number of aromatic nitrogens is 4. The molecule has 0 aliphatic rings. The average Bonchev–Trinajstić information content (AvgIpc) is 2.81. The van der Waals surface area contributed by atoms with Gasteiger partial charge in [0.05, 0.1) is 0 Å². The van der Waals surface area contributed by atoms with Gasteiger partial charge >= 0.3 is 0 Å². The summed E-state index contributed by atoms with van der Waals surface area (Å²) in [5, 5.41) is 0. The molecule has 0 aliphatic carbocycles. The van der Waals surface area contributed by atoms with E-state index in [1.54, 1.807) is 23.2 Å². The number of imidazole rings is 1. The van der Waals surface area contributed by atoms with E-state index in [-0.39, 0.29) is 16.4 Å². The molecule has 2 aromatic heterocycles. The van der Waals surface area contributed by atoms with E-state index in [0.29, 0.717) is 12.4 Å². The molecule has 0 atom stereocenters. The van der Waals surface area contributed by atoms with Crippen LogP contribution in [0.3, 0.4) is 0 Å². The Morgan fingerprint density at radius 1 is 1.39 bits per heavy atom. The number of nitrogens with zero attached hydrogens (tertiary/aromatic N) is 4. The fraction of sp³-hybridized carbons (Fsp3) is 0.273. The Morgan fingerprint density at radius 3 is 2.78 bits per heavy atom. The smallest absolute Gasteiger partial charge is 0.294 e. The maximum Gasteiger partial charge on any atom is 0.294 e. The summed E-state index contributed by atoms with van der Waals surface area (Å²) in [6.07, 6.45) is 7.26. The highest BCUT2D eigenvalue weighted by Gasteiger charge is 2.12. The average molecular weight is 263 g/mol. The minimum absolute atomic E-state index is 0.132. The van der Waals surface area contributed by atoms with Crippen molar-refractivity contribution in [2.75, 3.05) is 0 Å². The molecular weight excluding hydrogens is 250 g/mol. The van der Waals surface area contributed by atoms with E-state index in [4.69, 9.17) is 18.0 Å². The Bertz CT molecular complexity index is 630. The van der Waals surface area contributed by atoms with Crippen molar-refractivity contribution in [3.63, 3.8) is 0 Å². The highest BCUT2D eigenvalue weighted by atomic mass is 32.1. The lowest BCUT2D eigenvalue weighted by molar-refractivity contribution is 0.642. The van der Waals surface area contributed by atoms with Crippen LogP contribution in [-0.4, -0.2) is 24.1 Å². The van der Waals surface area contributed by atoms with E-state index >= 15 is 0 Å². The highest BCUT2D eigenvalue weighted by Crippen LogP contribution is 2.03. The highest BCUT2D eigenvalue weighted by molar-refractivity contribution is 7.80. The van der Waals surface area contributed by atoms with Gasteiger partial charge < -0.3 is 10.3 Å². The van der Waals surface area contributed by atoms with E-state index < -0.39 is 0 Å². The van der Waals surface area contributed by atoms with Gasteiger partial charge in [0.15, 0.2) is 5.82 Å². The first-order valence-electron chi connectivity index (χ1n) is 5.54. The Hall–Kier alpha value is -2.02. The second kappa shape index (κ2) is 5.09. The number of hydrogen-bond acceptors (Lipinski definition) is 4. The molecule has 0 amide bonds. The molecule has 2 heterocycles. The fourth-order valence-corrected chi connectivity index (χ4v) is 1.83. The lowest BCUT2D eigenvalue weighted by atomic mass is 10.4. The van der Waals surface area contributed by atoms with Crippen LogP contribution in [0.1, 0.15) is 19.2 Å². The summed E-state index contributed by atoms with van der Waals surface area (Å²) in [6.45, 7) is 2.65. The van der Waals surface area contributed by atoms with Crippen LogP contribution < -0.4 is 11.3 Å². The number of hydrogen-bond donors (Lipinski definition) is 1. The van der Waals surface area contributed by atoms with Crippen LogP contribution in [0.4, 0.5) is 0 Å². The molecule has 0 spiro atoms. The van der Waals surface area contributed by atoms with E-state index in [9.17, 15) is 4.79 Å². The molecule has 2 rings (SSSR count). The van der Waals surface area contributed by atoms with Gasteiger partial charge in [-0.2, -0.15) is 0 Å². The molecule has 7 heteroatoms. The number of aryl methyl sites for hydroxylation is 1. The lowest BCUT2D eigenvalue weighted by Gasteiger charge is -2.08. The van der Waals surface area contributed by atoms with Gasteiger partial charge in [0.1, 0.15) is 4.99 Å². The number of nitrogens with two attached hydrogens (primary N) is 1. The molecule has 2 N–H and O–H groups in total. The van der Waals surface area contributed by atoms with Crippen LogP contribution in [0.5, 0.6) is 0 Å². The largest absolute Gasteiger partial charge is 0.387 e. The Morgan fingerprint density at radius 2 is 2.11 bits per heavy atom. The molecule has 0 fully saturated rings. The molecule has 0 bridgehead atoms. The van der Waals surface area contributed by atoms with Crippen molar-refractivity contribution in [3.8, 4) is 5.82 Å². The van der Waals surface area contributed by atoms with Crippen molar-refractivity contribution in [2.45, 2.75) is 19.9 Å². The van der Waals surface area contributed by atoms with Crippen molar-refractivity contribution < 1.29 is 0 Å². The van der Waals surface area contributed by atoms with Crippen LogP contribution in [0, 0.1) is 0 Å². The maximum atomic E-state index is 12.2. The molecule has 6 nitrogen and oxygen atoms in total. The summed E-state index contributed by atoms with van der Waals surface area (Å²) in [7, 11) is 0. The summed E-state index contributed by atoms with van der Waals surface area (Å²) in [4.78, 5) is 20.4. The molecule has 2 aromatic rings. The molecule has 94 valence electrons. The third-order valence-corrected chi connectivity index (χ3v) is 2.63. The van der Waals surface area contributed by atoms with Gasteiger partial charge in [-0.3, -0.25) is 9.36 Å². The van der Waals surface area contributed by atoms with Crippen molar-refractivity contribution in [3.05, 3.63) is 41.0 Å². The predicted octanol–water partition coefficient (Wildman–Crippen LogP) is 0.473. The Kier molecular flexibility index (Phi) is 3.52. The van der Waals surface area contributed by atoms with Gasteiger partial charge in [-0.25, -0.2) is 9.97 Å².